The van der Waals surface area contributed by atoms with Crippen LogP contribution in [0.3, 0.4) is 0 Å². The highest BCUT2D eigenvalue weighted by atomic mass is 32.2. The summed E-state index contributed by atoms with van der Waals surface area (Å²) >= 11 is 0. The fourth-order valence-electron chi connectivity index (χ4n) is 6.16. The number of likely N-dealkylation sites (tertiary alicyclic amines) is 1. The Labute approximate surface area is 241 Å². The Morgan fingerprint density at radius 3 is 2.56 bits per heavy atom. The highest BCUT2D eigenvalue weighted by Gasteiger charge is 2.70. The predicted molar refractivity (Wildman–Crippen MR) is 150 cm³/mol. The molecule has 1 aliphatic carbocycles. The Balaban J connectivity index is 1.60. The predicted octanol–water partition coefficient (Wildman–Crippen LogP) is 2.40. The molecule has 2 aliphatic heterocycles. The largest absolute Gasteiger partial charge is 0.514 e. The van der Waals surface area contributed by atoms with Gasteiger partial charge in [0, 0.05) is 19.0 Å². The van der Waals surface area contributed by atoms with Crippen LogP contribution in [-0.2, 0) is 24.4 Å². The van der Waals surface area contributed by atoms with Crippen molar-refractivity contribution in [3.63, 3.8) is 0 Å². The van der Waals surface area contributed by atoms with Gasteiger partial charge in [-0.25, -0.2) is 0 Å². The Bertz CT molecular complexity index is 1450. The van der Waals surface area contributed by atoms with Gasteiger partial charge in [0.05, 0.1) is 17.4 Å². The summed E-state index contributed by atoms with van der Waals surface area (Å²) in [6.45, 7) is 10.3. The lowest BCUT2D eigenvalue weighted by atomic mass is 9.80. The van der Waals surface area contributed by atoms with E-state index in [1.165, 1.54) is 24.1 Å². The number of nitriles is 1. The van der Waals surface area contributed by atoms with Crippen molar-refractivity contribution in [3.8, 4) is 17.9 Å². The van der Waals surface area contributed by atoms with Crippen molar-refractivity contribution in [3.05, 3.63) is 28.5 Å². The van der Waals surface area contributed by atoms with E-state index in [-0.39, 0.29) is 46.1 Å². The average molecular weight is 585 g/mol. The Morgan fingerprint density at radius 2 is 1.98 bits per heavy atom. The molecule has 1 saturated carbocycles. The number of nitrogens with one attached hydrogen (secondary N) is 2. The van der Waals surface area contributed by atoms with Crippen LogP contribution in [0.15, 0.2) is 29.2 Å². The molecule has 0 bridgehead atoms. The average Bonchev–Trinajstić information content (AvgIpc) is 3.25. The van der Waals surface area contributed by atoms with Gasteiger partial charge in [-0.3, -0.25) is 14.4 Å². The van der Waals surface area contributed by atoms with Gasteiger partial charge in [-0.2, -0.15) is 5.26 Å². The molecule has 4 rings (SSSR count). The monoisotopic (exact) mass is 584 g/mol. The number of hydrogen-bond donors (Lipinski definition) is 2. The van der Waals surface area contributed by atoms with Crippen LogP contribution in [0.1, 0.15) is 47.5 Å². The number of fused-ring (bicyclic) bond motifs is 1. The van der Waals surface area contributed by atoms with Crippen LogP contribution in [-0.4, -0.2) is 63.3 Å². The zero-order valence-electron chi connectivity index (χ0n) is 24.3. The highest BCUT2D eigenvalue weighted by molar-refractivity contribution is 7.93. The van der Waals surface area contributed by atoms with Gasteiger partial charge in [-0.1, -0.05) is 46.8 Å². The van der Waals surface area contributed by atoms with Gasteiger partial charge in [0.1, 0.15) is 17.8 Å². The van der Waals surface area contributed by atoms with Gasteiger partial charge in [0.15, 0.2) is 10.8 Å². The number of methoxy groups -OCH3 is 1. The smallest absolute Gasteiger partial charge is 0.495 e. The van der Waals surface area contributed by atoms with E-state index in [0.717, 1.165) is 0 Å². The topological polar surface area (TPSA) is 150 Å². The zero-order valence-corrected chi connectivity index (χ0v) is 25.1. The van der Waals surface area contributed by atoms with Crippen LogP contribution >= 0.6 is 0 Å². The number of sulfonamides is 1. The van der Waals surface area contributed by atoms with Crippen molar-refractivity contribution in [1.82, 2.24) is 15.5 Å². The molecule has 2 N–H and O–H groups in total. The van der Waals surface area contributed by atoms with Gasteiger partial charge >= 0.3 is 16.1 Å². The minimum absolute atomic E-state index is 0.0817. The summed E-state index contributed by atoms with van der Waals surface area (Å²) in [6.07, 6.45) is 0.789. The summed E-state index contributed by atoms with van der Waals surface area (Å²) in [7, 11) is -2.88. The highest BCUT2D eigenvalue weighted by Crippen LogP contribution is 2.65. The minimum atomic E-state index is -4.23. The maximum absolute atomic E-state index is 14.0. The van der Waals surface area contributed by atoms with Gasteiger partial charge < -0.3 is 20.3 Å². The number of hydrogen-bond acceptors (Lipinski definition) is 7. The number of carbonyl (C=O) groups is 3. The summed E-state index contributed by atoms with van der Waals surface area (Å²) in [5.74, 6) is -2.38. The van der Waals surface area contributed by atoms with E-state index >= 15 is 0 Å². The molecule has 1 unspecified atom stereocenters. The third-order valence-corrected chi connectivity index (χ3v) is 9.92. The Kier molecular flexibility index (Phi) is 8.12. The number of ether oxygens (including phenoxy) is 1. The molecule has 41 heavy (non-hydrogen) atoms. The van der Waals surface area contributed by atoms with Crippen molar-refractivity contribution in [1.29, 1.82) is 5.26 Å². The first-order valence-electron chi connectivity index (χ1n) is 13.8. The van der Waals surface area contributed by atoms with Crippen molar-refractivity contribution in [2.24, 2.45) is 34.5 Å². The van der Waals surface area contributed by atoms with Crippen molar-refractivity contribution < 1.29 is 27.5 Å². The van der Waals surface area contributed by atoms with Gasteiger partial charge in [-0.15, -0.1) is 8.42 Å². The third kappa shape index (κ3) is 5.89. The summed E-state index contributed by atoms with van der Waals surface area (Å²) in [6, 6.07) is 9.02. The lowest BCUT2D eigenvalue weighted by molar-refractivity contribution is -0.144. The van der Waals surface area contributed by atoms with E-state index in [1.54, 1.807) is 32.9 Å². The lowest BCUT2D eigenvalue weighted by Crippen LogP contribution is -2.54. The second-order valence-corrected chi connectivity index (χ2v) is 14.3. The molecule has 3 aliphatic rings. The van der Waals surface area contributed by atoms with Crippen molar-refractivity contribution in [2.75, 3.05) is 20.2 Å². The molecule has 3 fully saturated rings. The SMILES string of the molecule is COc1ccccc1S(=O)(=O)[N+]#CC(C(=O)N1C[C@H]2[C@@H]([C@H]1C(=O)N[C@H](C#N)C[C@@H]1CCNC1=O)C2(C)C)C(C)(C)C. The summed E-state index contributed by atoms with van der Waals surface area (Å²) in [4.78, 5) is 41.0. The maximum atomic E-state index is 14.0. The summed E-state index contributed by atoms with van der Waals surface area (Å²) < 4.78 is 35.1. The number of nitrogens with zero attached hydrogens (tertiary/aromatic N) is 3. The van der Waals surface area contributed by atoms with E-state index in [1.807, 2.05) is 13.8 Å². The summed E-state index contributed by atoms with van der Waals surface area (Å²) in [5.41, 5.74) is -0.945. The molecule has 3 amide bonds. The normalized spacial score (nSPS) is 26.0. The first-order valence-corrected chi connectivity index (χ1v) is 15.2. The Hall–Kier alpha value is -3.64. The number of para-hydroxylation sites is 1. The third-order valence-electron chi connectivity index (χ3n) is 8.68. The van der Waals surface area contributed by atoms with Gasteiger partial charge in [-0.05, 0) is 47.6 Å². The van der Waals surface area contributed by atoms with E-state index in [9.17, 15) is 28.1 Å². The zero-order chi connectivity index (χ0) is 30.3. The quantitative estimate of drug-likeness (QED) is 0.500. The second-order valence-electron chi connectivity index (χ2n) is 12.7. The molecule has 0 aromatic heterocycles. The number of rotatable bonds is 7. The van der Waals surface area contributed by atoms with E-state index in [4.69, 9.17) is 4.74 Å². The molecule has 12 heteroatoms. The maximum Gasteiger partial charge on any atom is 0.514 e. The minimum Gasteiger partial charge on any atom is -0.495 e. The molecule has 2 saturated heterocycles. The molecule has 6 atom stereocenters. The molecule has 0 radical (unpaired) electrons. The van der Waals surface area contributed by atoms with E-state index in [0.29, 0.717) is 19.5 Å². The Morgan fingerprint density at radius 1 is 1.29 bits per heavy atom. The van der Waals surface area contributed by atoms with E-state index in [2.05, 4.69) is 27.0 Å². The molecule has 0 spiro atoms. The number of amides is 3. The fourth-order valence-corrected chi connectivity index (χ4v) is 7.16. The van der Waals surface area contributed by atoms with Gasteiger partial charge in [0.25, 0.3) is 0 Å². The number of benzene rings is 1. The van der Waals surface area contributed by atoms with Crippen LogP contribution in [0.2, 0.25) is 0 Å². The molecular weight excluding hydrogens is 546 g/mol. The lowest BCUT2D eigenvalue weighted by Gasteiger charge is -2.34. The molecule has 220 valence electrons. The number of piperidine rings is 1. The van der Waals surface area contributed by atoms with Crippen molar-refractivity contribution in [2.45, 2.75) is 64.4 Å². The number of carbonyl (C=O) groups excluding carboxylic acids is 3. The first kappa shape index (κ1) is 30.3. The fraction of sp³-hybridized carbons (Fsp3) is 0.621. The van der Waals surface area contributed by atoms with Crippen LogP contribution in [0.25, 0.3) is 4.25 Å². The standard InChI is InChI=1S/C29H37N5O6S/c1-28(2,3)19(15-32-41(38,39)22-10-8-7-9-21(22)40-6)27(37)34-16-20-23(29(20,4)5)24(34)26(36)33-18(14-30)13-17-11-12-31-25(17)35/h7-10,17-20,23-24H,11-13,16H2,1-6H3,(H-,31,33,35,36)/p+1/t17-,18-,19?,20-,23-,24-/m0/s1. The van der Waals surface area contributed by atoms with Crippen LogP contribution in [0, 0.1) is 51.9 Å². The molecule has 1 aromatic rings. The molecule has 2 heterocycles. The van der Waals surface area contributed by atoms with Crippen LogP contribution in [0.5, 0.6) is 5.75 Å². The van der Waals surface area contributed by atoms with Crippen LogP contribution in [0.4, 0.5) is 0 Å². The van der Waals surface area contributed by atoms with Crippen molar-refractivity contribution >= 4 is 27.7 Å². The van der Waals surface area contributed by atoms with Gasteiger partial charge in [0.2, 0.25) is 17.7 Å². The summed E-state index contributed by atoms with van der Waals surface area (Å²) in [5, 5.41) is 15.2. The second kappa shape index (κ2) is 11.0. The molecular formula is C29H38N5O6S+. The molecule has 1 aromatic carbocycles. The molecule has 11 nitrogen and oxygen atoms in total. The van der Waals surface area contributed by atoms with Crippen LogP contribution < -0.4 is 15.4 Å². The first-order chi connectivity index (χ1) is 19.1. The van der Waals surface area contributed by atoms with E-state index < -0.39 is 45.3 Å².